The van der Waals surface area contributed by atoms with Crippen LogP contribution >= 0.6 is 0 Å². The smallest absolute Gasteiger partial charge is 0.353 e. The number of hydrogen-bond donors (Lipinski definition) is 1. The molecule has 6 nitrogen and oxygen atoms in total. The maximum Gasteiger partial charge on any atom is 0.435 e. The second kappa shape index (κ2) is 6.98. The number of nitrogens with zero attached hydrogens (tertiary/aromatic N) is 5. The zero-order chi connectivity index (χ0) is 17.9. The van der Waals surface area contributed by atoms with E-state index in [4.69, 9.17) is 0 Å². The minimum atomic E-state index is -4.48. The molecule has 0 bridgehead atoms. The Labute approximate surface area is 138 Å². The molecular formula is C15H21F3N6. The van der Waals surface area contributed by atoms with E-state index in [1.165, 1.54) is 13.2 Å². The zero-order valence-electron chi connectivity index (χ0n) is 14.1. The number of hydrogen-bond acceptors (Lipinski definition) is 2. The average molecular weight is 342 g/mol. The van der Waals surface area contributed by atoms with Crippen LogP contribution < -0.4 is 5.32 Å². The van der Waals surface area contributed by atoms with Crippen molar-refractivity contribution < 1.29 is 13.2 Å². The van der Waals surface area contributed by atoms with E-state index < -0.39 is 11.9 Å². The van der Waals surface area contributed by atoms with Gasteiger partial charge in [-0.25, -0.2) is 0 Å². The van der Waals surface area contributed by atoms with Gasteiger partial charge < -0.3 is 14.8 Å². The summed E-state index contributed by atoms with van der Waals surface area (Å²) in [7, 11) is 6.83. The van der Waals surface area contributed by atoms with E-state index in [2.05, 4.69) is 15.4 Å². The van der Waals surface area contributed by atoms with E-state index in [-0.39, 0.29) is 12.1 Å². The largest absolute Gasteiger partial charge is 0.435 e. The summed E-state index contributed by atoms with van der Waals surface area (Å²) in [4.78, 5) is 5.97. The fraction of sp³-hybridized carbons (Fsp3) is 0.467. The van der Waals surface area contributed by atoms with Crippen molar-refractivity contribution in [3.8, 4) is 0 Å². The number of aromatic nitrogens is 3. The van der Waals surface area contributed by atoms with E-state index >= 15 is 0 Å². The van der Waals surface area contributed by atoms with Gasteiger partial charge in [0, 0.05) is 58.4 Å². The molecule has 0 unspecified atom stereocenters. The van der Waals surface area contributed by atoms with Gasteiger partial charge in [0.2, 0.25) is 0 Å². The standard InChI is InChI=1S/C15H21F3N6/c1-19-14(23(3)10-12-6-5-7-22(12)2)20-8-11-9-24(4)21-13(11)15(16,17)18/h5-7,9H,8,10H2,1-4H3,(H,19,20). The third-order valence-electron chi connectivity index (χ3n) is 3.63. The molecule has 0 amide bonds. The van der Waals surface area contributed by atoms with Gasteiger partial charge in [-0.15, -0.1) is 0 Å². The number of halogens is 3. The highest BCUT2D eigenvalue weighted by molar-refractivity contribution is 5.79. The average Bonchev–Trinajstić information content (AvgIpc) is 3.05. The van der Waals surface area contributed by atoms with Gasteiger partial charge in [0.25, 0.3) is 0 Å². The number of aliphatic imine (C=N–C) groups is 1. The molecule has 0 aromatic carbocycles. The Morgan fingerprint density at radius 1 is 1.38 bits per heavy atom. The zero-order valence-corrected chi connectivity index (χ0v) is 14.1. The van der Waals surface area contributed by atoms with Gasteiger partial charge >= 0.3 is 6.18 Å². The molecule has 0 atom stereocenters. The van der Waals surface area contributed by atoms with Crippen LogP contribution in [-0.2, 0) is 33.4 Å². The first-order valence-corrected chi connectivity index (χ1v) is 7.34. The minimum Gasteiger partial charge on any atom is -0.353 e. The number of aryl methyl sites for hydroxylation is 2. The normalized spacial score (nSPS) is 12.5. The third-order valence-corrected chi connectivity index (χ3v) is 3.63. The van der Waals surface area contributed by atoms with Crippen molar-refractivity contribution in [2.45, 2.75) is 19.3 Å². The molecule has 0 aliphatic heterocycles. The summed E-state index contributed by atoms with van der Waals surface area (Å²) in [5, 5.41) is 6.45. The Kier molecular flexibility index (Phi) is 5.20. The fourth-order valence-corrected chi connectivity index (χ4v) is 2.44. The summed E-state index contributed by atoms with van der Waals surface area (Å²) < 4.78 is 42.1. The lowest BCUT2D eigenvalue weighted by Gasteiger charge is -2.22. The van der Waals surface area contributed by atoms with Crippen LogP contribution in [-0.4, -0.2) is 39.3 Å². The molecular weight excluding hydrogens is 321 g/mol. The summed E-state index contributed by atoms with van der Waals surface area (Å²) in [6.45, 7) is 0.579. The van der Waals surface area contributed by atoms with Crippen molar-refractivity contribution in [3.05, 3.63) is 41.5 Å². The van der Waals surface area contributed by atoms with Crippen LogP contribution in [0.3, 0.4) is 0 Å². The van der Waals surface area contributed by atoms with Crippen molar-refractivity contribution in [2.75, 3.05) is 14.1 Å². The molecule has 0 spiro atoms. The molecule has 0 aliphatic rings. The van der Waals surface area contributed by atoms with E-state index in [1.807, 2.05) is 41.9 Å². The highest BCUT2D eigenvalue weighted by Crippen LogP contribution is 2.30. The van der Waals surface area contributed by atoms with Gasteiger partial charge in [-0.05, 0) is 12.1 Å². The SMILES string of the molecule is CN=C(NCc1cn(C)nc1C(F)(F)F)N(C)Cc1cccn1C. The highest BCUT2D eigenvalue weighted by atomic mass is 19.4. The Hall–Kier alpha value is -2.45. The van der Waals surface area contributed by atoms with E-state index in [0.717, 1.165) is 10.4 Å². The van der Waals surface area contributed by atoms with Crippen LogP contribution in [0.1, 0.15) is 17.0 Å². The summed E-state index contributed by atoms with van der Waals surface area (Å²) in [5.74, 6) is 0.508. The molecule has 9 heteroatoms. The van der Waals surface area contributed by atoms with Crippen molar-refractivity contribution >= 4 is 5.96 Å². The minimum absolute atomic E-state index is 0.00711. The molecule has 1 N–H and O–H groups in total. The summed E-state index contributed by atoms with van der Waals surface area (Å²) >= 11 is 0. The maximum atomic E-state index is 13.0. The van der Waals surface area contributed by atoms with Crippen molar-refractivity contribution in [2.24, 2.45) is 19.1 Å². The van der Waals surface area contributed by atoms with Crippen LogP contribution in [0.2, 0.25) is 0 Å². The summed E-state index contributed by atoms with van der Waals surface area (Å²) in [6, 6.07) is 3.91. The maximum absolute atomic E-state index is 13.0. The topological polar surface area (TPSA) is 50.4 Å². The molecule has 132 valence electrons. The van der Waals surface area contributed by atoms with Gasteiger partial charge in [0.1, 0.15) is 0 Å². The van der Waals surface area contributed by atoms with E-state index in [9.17, 15) is 13.2 Å². The van der Waals surface area contributed by atoms with Crippen LogP contribution in [0.15, 0.2) is 29.5 Å². The molecule has 2 rings (SSSR count). The summed E-state index contributed by atoms with van der Waals surface area (Å²) in [6.07, 6.45) is -1.18. The Bertz CT molecular complexity index is 713. The number of rotatable bonds is 4. The Balaban J connectivity index is 2.06. The Morgan fingerprint density at radius 2 is 2.08 bits per heavy atom. The van der Waals surface area contributed by atoms with Gasteiger partial charge in [0.05, 0.1) is 6.54 Å². The molecule has 0 radical (unpaired) electrons. The lowest BCUT2D eigenvalue weighted by molar-refractivity contribution is -0.142. The predicted octanol–water partition coefficient (Wildman–Crippen LogP) is 1.98. The molecule has 2 heterocycles. The highest BCUT2D eigenvalue weighted by Gasteiger charge is 2.36. The molecule has 0 saturated carbocycles. The lowest BCUT2D eigenvalue weighted by Crippen LogP contribution is -2.38. The van der Waals surface area contributed by atoms with Crippen LogP contribution in [0.5, 0.6) is 0 Å². The van der Waals surface area contributed by atoms with Gasteiger partial charge in [-0.3, -0.25) is 9.67 Å². The van der Waals surface area contributed by atoms with Crippen LogP contribution in [0.4, 0.5) is 13.2 Å². The van der Waals surface area contributed by atoms with E-state index in [1.54, 1.807) is 7.05 Å². The first-order chi connectivity index (χ1) is 11.2. The molecule has 0 saturated heterocycles. The van der Waals surface area contributed by atoms with Crippen LogP contribution in [0.25, 0.3) is 0 Å². The molecule has 2 aromatic rings. The number of nitrogens with one attached hydrogen (secondary N) is 1. The van der Waals surface area contributed by atoms with Crippen LogP contribution in [0, 0.1) is 0 Å². The van der Waals surface area contributed by atoms with Crippen molar-refractivity contribution in [1.29, 1.82) is 0 Å². The molecule has 24 heavy (non-hydrogen) atoms. The first kappa shape index (κ1) is 17.9. The first-order valence-electron chi connectivity index (χ1n) is 7.34. The molecule has 0 fully saturated rings. The molecule has 0 aliphatic carbocycles. The lowest BCUT2D eigenvalue weighted by atomic mass is 10.2. The van der Waals surface area contributed by atoms with E-state index in [0.29, 0.717) is 12.5 Å². The molecule has 2 aromatic heterocycles. The number of guanidine groups is 1. The quantitative estimate of drug-likeness (QED) is 0.683. The predicted molar refractivity (Wildman–Crippen MR) is 85.3 cm³/mol. The second-order valence-corrected chi connectivity index (χ2v) is 5.54. The third kappa shape index (κ3) is 4.09. The second-order valence-electron chi connectivity index (χ2n) is 5.54. The van der Waals surface area contributed by atoms with Gasteiger partial charge in [-0.2, -0.15) is 18.3 Å². The number of alkyl halides is 3. The van der Waals surface area contributed by atoms with Crippen molar-refractivity contribution in [1.82, 2.24) is 24.6 Å². The monoisotopic (exact) mass is 342 g/mol. The fourth-order valence-electron chi connectivity index (χ4n) is 2.44. The Morgan fingerprint density at radius 3 is 2.62 bits per heavy atom. The van der Waals surface area contributed by atoms with Gasteiger partial charge in [0.15, 0.2) is 11.7 Å². The summed E-state index contributed by atoms with van der Waals surface area (Å²) in [5.41, 5.74) is 0.272. The van der Waals surface area contributed by atoms with Crippen molar-refractivity contribution in [3.63, 3.8) is 0 Å². The van der Waals surface area contributed by atoms with Gasteiger partial charge in [-0.1, -0.05) is 0 Å².